The molecule has 3 aromatic carbocycles. The summed E-state index contributed by atoms with van der Waals surface area (Å²) in [5, 5.41) is 9.28. The molecule has 0 fully saturated rings. The van der Waals surface area contributed by atoms with Gasteiger partial charge in [-0.1, -0.05) is 52.3 Å². The largest absolute Gasteiger partial charge is 0.272 e. The molecule has 0 amide bonds. The van der Waals surface area contributed by atoms with Crippen LogP contribution < -0.4 is 5.56 Å². The Morgan fingerprint density at radius 2 is 1.62 bits per heavy atom. The maximum Gasteiger partial charge on any atom is 0.263 e. The van der Waals surface area contributed by atoms with Crippen LogP contribution in [0.25, 0.3) is 28.1 Å². The van der Waals surface area contributed by atoms with E-state index >= 15 is 0 Å². The van der Waals surface area contributed by atoms with Crippen LogP contribution >= 0.6 is 15.9 Å². The number of benzene rings is 3. The first-order chi connectivity index (χ1) is 14.1. The third-order valence-electron chi connectivity index (χ3n) is 4.86. The normalized spacial score (nSPS) is 11.4. The fourth-order valence-corrected chi connectivity index (χ4v) is 3.72. The molecule has 142 valence electrons. The maximum atomic E-state index is 13.3. The quantitative estimate of drug-likeness (QED) is 0.403. The molecular weight excluding hydrogens is 435 g/mol. The van der Waals surface area contributed by atoms with Crippen molar-refractivity contribution in [3.05, 3.63) is 99.0 Å². The molecule has 0 saturated carbocycles. The highest BCUT2D eigenvalue weighted by atomic mass is 79.9. The van der Waals surface area contributed by atoms with Gasteiger partial charge in [0.2, 0.25) is 5.78 Å². The van der Waals surface area contributed by atoms with E-state index in [1.165, 1.54) is 12.1 Å². The monoisotopic (exact) mass is 448 g/mol. The summed E-state index contributed by atoms with van der Waals surface area (Å²) < 4.78 is 17.7. The zero-order valence-electron chi connectivity index (χ0n) is 15.1. The summed E-state index contributed by atoms with van der Waals surface area (Å²) >= 11 is 3.45. The molecule has 0 atom stereocenters. The zero-order chi connectivity index (χ0) is 20.0. The molecule has 0 N–H and O–H groups in total. The van der Waals surface area contributed by atoms with Crippen LogP contribution in [0.1, 0.15) is 5.56 Å². The minimum Gasteiger partial charge on any atom is -0.272 e. The van der Waals surface area contributed by atoms with Gasteiger partial charge in [-0.05, 0) is 42.0 Å². The molecule has 0 radical (unpaired) electrons. The molecule has 2 aromatic heterocycles. The first-order valence-corrected chi connectivity index (χ1v) is 9.78. The van der Waals surface area contributed by atoms with Gasteiger partial charge in [0.15, 0.2) is 5.82 Å². The summed E-state index contributed by atoms with van der Waals surface area (Å²) in [6.07, 6.45) is 0. The fraction of sp³-hybridized carbons (Fsp3) is 0.0455. The number of nitrogens with zero attached hydrogens (tertiary/aromatic N) is 4. The van der Waals surface area contributed by atoms with Crippen molar-refractivity contribution in [2.45, 2.75) is 6.54 Å². The smallest absolute Gasteiger partial charge is 0.263 e. The molecule has 0 unspecified atom stereocenters. The van der Waals surface area contributed by atoms with Crippen molar-refractivity contribution >= 4 is 32.6 Å². The predicted molar refractivity (Wildman–Crippen MR) is 113 cm³/mol. The van der Waals surface area contributed by atoms with Crippen molar-refractivity contribution in [3.63, 3.8) is 0 Å². The summed E-state index contributed by atoms with van der Waals surface area (Å²) in [5.41, 5.74) is 2.27. The fourth-order valence-electron chi connectivity index (χ4n) is 3.46. The Morgan fingerprint density at radius 1 is 0.897 bits per heavy atom. The van der Waals surface area contributed by atoms with E-state index in [0.29, 0.717) is 17.0 Å². The summed E-state index contributed by atoms with van der Waals surface area (Å²) in [5.74, 6) is 0.775. The van der Waals surface area contributed by atoms with Crippen LogP contribution in [0.15, 0.2) is 82.1 Å². The van der Waals surface area contributed by atoms with Gasteiger partial charge in [-0.3, -0.25) is 13.8 Å². The summed E-state index contributed by atoms with van der Waals surface area (Å²) in [7, 11) is 0. The summed E-state index contributed by atoms with van der Waals surface area (Å²) in [6, 6.07) is 21.3. The second-order valence-electron chi connectivity index (χ2n) is 6.70. The van der Waals surface area contributed by atoms with E-state index in [-0.39, 0.29) is 17.9 Å². The third kappa shape index (κ3) is 3.03. The van der Waals surface area contributed by atoms with Crippen molar-refractivity contribution in [2.75, 3.05) is 0 Å². The summed E-state index contributed by atoms with van der Waals surface area (Å²) in [6.45, 7) is 0.270. The number of hydrogen-bond donors (Lipinski definition) is 0. The molecule has 0 spiro atoms. The SMILES string of the molecule is O=c1c2ccccc2n2c(-c3ccc(Br)cc3)nnc2n1Cc1ccc(F)cc1. The van der Waals surface area contributed by atoms with Gasteiger partial charge >= 0.3 is 0 Å². The van der Waals surface area contributed by atoms with Crippen molar-refractivity contribution < 1.29 is 4.39 Å². The minimum absolute atomic E-state index is 0.160. The number of hydrogen-bond acceptors (Lipinski definition) is 3. The molecule has 0 saturated heterocycles. The Kier molecular flexibility index (Phi) is 4.24. The molecule has 0 bridgehead atoms. The van der Waals surface area contributed by atoms with E-state index in [0.717, 1.165) is 21.1 Å². The number of rotatable bonds is 3. The highest BCUT2D eigenvalue weighted by Gasteiger charge is 2.17. The molecular formula is C22H14BrFN4O. The van der Waals surface area contributed by atoms with Crippen molar-refractivity contribution in [1.82, 2.24) is 19.2 Å². The van der Waals surface area contributed by atoms with Gasteiger partial charge in [-0.15, -0.1) is 10.2 Å². The molecule has 0 aliphatic heterocycles. The van der Waals surface area contributed by atoms with Gasteiger partial charge in [0.05, 0.1) is 17.4 Å². The minimum atomic E-state index is -0.315. The Morgan fingerprint density at radius 3 is 2.38 bits per heavy atom. The van der Waals surface area contributed by atoms with E-state index < -0.39 is 0 Å². The Bertz CT molecular complexity index is 1410. The van der Waals surface area contributed by atoms with Gasteiger partial charge in [-0.2, -0.15) is 0 Å². The molecule has 0 aliphatic rings. The molecule has 5 rings (SSSR count). The molecule has 0 aliphatic carbocycles. The predicted octanol–water partition coefficient (Wildman–Crippen LogP) is 4.66. The second-order valence-corrected chi connectivity index (χ2v) is 7.62. The van der Waals surface area contributed by atoms with Gasteiger partial charge in [-0.25, -0.2) is 4.39 Å². The molecule has 2 heterocycles. The zero-order valence-corrected chi connectivity index (χ0v) is 16.7. The first-order valence-electron chi connectivity index (χ1n) is 8.99. The average molecular weight is 449 g/mol. The van der Waals surface area contributed by atoms with Crippen LogP contribution in [-0.4, -0.2) is 19.2 Å². The van der Waals surface area contributed by atoms with Gasteiger partial charge in [0.25, 0.3) is 5.56 Å². The molecule has 5 nitrogen and oxygen atoms in total. The van der Waals surface area contributed by atoms with Crippen molar-refractivity contribution in [3.8, 4) is 11.4 Å². The Hall–Kier alpha value is -3.32. The lowest BCUT2D eigenvalue weighted by atomic mass is 10.2. The van der Waals surface area contributed by atoms with Crippen LogP contribution in [0.5, 0.6) is 0 Å². The standard InChI is InChI=1S/C22H14BrFN4O/c23-16-9-7-15(8-10-16)20-25-26-22-27(13-14-5-11-17(24)12-6-14)21(29)18-3-1-2-4-19(18)28(20)22/h1-12H,13H2. The molecule has 5 aromatic rings. The lowest BCUT2D eigenvalue weighted by molar-refractivity contribution is 0.626. The topological polar surface area (TPSA) is 52.2 Å². The lowest BCUT2D eigenvalue weighted by Gasteiger charge is -2.11. The highest BCUT2D eigenvalue weighted by Crippen LogP contribution is 2.24. The van der Waals surface area contributed by atoms with Crippen LogP contribution in [0, 0.1) is 5.82 Å². The second kappa shape index (κ2) is 6.93. The number of halogens is 2. The van der Waals surface area contributed by atoms with Crippen LogP contribution in [0.4, 0.5) is 4.39 Å². The van der Waals surface area contributed by atoms with E-state index in [9.17, 15) is 9.18 Å². The van der Waals surface area contributed by atoms with Crippen molar-refractivity contribution in [1.29, 1.82) is 0 Å². The molecule has 7 heteroatoms. The average Bonchev–Trinajstić information content (AvgIpc) is 3.18. The first kappa shape index (κ1) is 17.8. The summed E-state index contributed by atoms with van der Waals surface area (Å²) in [4.78, 5) is 13.2. The van der Waals surface area contributed by atoms with Crippen LogP contribution in [-0.2, 0) is 6.54 Å². The Labute approximate surface area is 173 Å². The lowest BCUT2D eigenvalue weighted by Crippen LogP contribution is -2.24. The van der Waals surface area contributed by atoms with Gasteiger partial charge < -0.3 is 0 Å². The molecule has 29 heavy (non-hydrogen) atoms. The highest BCUT2D eigenvalue weighted by molar-refractivity contribution is 9.10. The van der Waals surface area contributed by atoms with E-state index in [2.05, 4.69) is 26.1 Å². The van der Waals surface area contributed by atoms with Gasteiger partial charge in [0.1, 0.15) is 5.82 Å². The van der Waals surface area contributed by atoms with E-state index in [1.807, 2.05) is 46.9 Å². The van der Waals surface area contributed by atoms with Crippen LogP contribution in [0.2, 0.25) is 0 Å². The maximum absolute atomic E-state index is 13.3. The number of aromatic nitrogens is 4. The van der Waals surface area contributed by atoms with Crippen LogP contribution in [0.3, 0.4) is 0 Å². The number of para-hydroxylation sites is 1. The van der Waals surface area contributed by atoms with Crippen molar-refractivity contribution in [2.24, 2.45) is 0 Å². The third-order valence-corrected chi connectivity index (χ3v) is 5.39. The Balaban J connectivity index is 1.81. The van der Waals surface area contributed by atoms with E-state index in [4.69, 9.17) is 0 Å². The van der Waals surface area contributed by atoms with Gasteiger partial charge in [0, 0.05) is 10.0 Å². The van der Waals surface area contributed by atoms with E-state index in [1.54, 1.807) is 22.8 Å². The number of fused-ring (bicyclic) bond motifs is 3.